The van der Waals surface area contributed by atoms with Crippen LogP contribution < -0.4 is 0 Å². The maximum atomic E-state index is 6.51. The summed E-state index contributed by atoms with van der Waals surface area (Å²) >= 11 is 0. The molecule has 218 valence electrons. The standard InChI is InChI=1S/C43H25N3O/c1-3-12-27(13-4-1)41-44-42(28-14-5-2-6-15-28)46-43(45-41)29-19-21-33-34(23-29)31-17-9-10-18-32(31)35-24-37-39(25-36(33)35)47-38-22-20-26-11-7-8-16-30(26)40(37)38/h1-25H. The molecule has 0 radical (unpaired) electrons. The first-order valence-electron chi connectivity index (χ1n) is 15.8. The van der Waals surface area contributed by atoms with Crippen molar-refractivity contribution in [1.82, 2.24) is 15.0 Å². The summed E-state index contributed by atoms with van der Waals surface area (Å²) in [5.74, 6) is 1.94. The van der Waals surface area contributed by atoms with E-state index in [4.69, 9.17) is 19.4 Å². The van der Waals surface area contributed by atoms with Gasteiger partial charge in [-0.2, -0.15) is 0 Å². The molecule has 2 heterocycles. The molecule has 47 heavy (non-hydrogen) atoms. The van der Waals surface area contributed by atoms with Gasteiger partial charge in [0.15, 0.2) is 17.5 Å². The number of hydrogen-bond acceptors (Lipinski definition) is 4. The molecule has 10 rings (SSSR count). The summed E-state index contributed by atoms with van der Waals surface area (Å²) in [7, 11) is 0. The highest BCUT2D eigenvalue weighted by molar-refractivity contribution is 6.30. The zero-order valence-corrected chi connectivity index (χ0v) is 25.2. The van der Waals surface area contributed by atoms with E-state index in [0.717, 1.165) is 54.8 Å². The Bertz CT molecular complexity index is 2780. The van der Waals surface area contributed by atoms with Crippen LogP contribution in [0.2, 0.25) is 0 Å². The number of nitrogens with zero attached hydrogens (tertiary/aromatic N) is 3. The van der Waals surface area contributed by atoms with Crippen LogP contribution in [-0.2, 0) is 0 Å². The summed E-state index contributed by atoms with van der Waals surface area (Å²) in [4.78, 5) is 14.9. The first kappa shape index (κ1) is 25.9. The number of furan rings is 1. The van der Waals surface area contributed by atoms with E-state index in [9.17, 15) is 0 Å². The summed E-state index contributed by atoms with van der Waals surface area (Å²) in [6.07, 6.45) is 0. The van der Waals surface area contributed by atoms with Crippen LogP contribution >= 0.6 is 0 Å². The molecule has 2 aromatic heterocycles. The fraction of sp³-hybridized carbons (Fsp3) is 0. The molecule has 0 spiro atoms. The van der Waals surface area contributed by atoms with Gasteiger partial charge in [0.1, 0.15) is 11.2 Å². The molecule has 0 amide bonds. The molecule has 0 aliphatic carbocycles. The Kier molecular flexibility index (Phi) is 5.54. The van der Waals surface area contributed by atoms with Crippen LogP contribution in [0, 0.1) is 0 Å². The van der Waals surface area contributed by atoms with Gasteiger partial charge in [0.25, 0.3) is 0 Å². The third-order valence-corrected chi connectivity index (χ3v) is 9.27. The molecule has 0 aliphatic heterocycles. The van der Waals surface area contributed by atoms with Crippen LogP contribution in [0.25, 0.3) is 99.2 Å². The van der Waals surface area contributed by atoms with Crippen molar-refractivity contribution in [3.05, 3.63) is 152 Å². The molecule has 4 heteroatoms. The van der Waals surface area contributed by atoms with Gasteiger partial charge < -0.3 is 4.42 Å². The van der Waals surface area contributed by atoms with E-state index in [2.05, 4.69) is 91.0 Å². The van der Waals surface area contributed by atoms with Gasteiger partial charge in [0.05, 0.1) is 0 Å². The van der Waals surface area contributed by atoms with Gasteiger partial charge in [0.2, 0.25) is 0 Å². The Morgan fingerprint density at radius 1 is 0.319 bits per heavy atom. The largest absolute Gasteiger partial charge is 0.456 e. The molecule has 10 aromatic rings. The van der Waals surface area contributed by atoms with Crippen LogP contribution in [0.5, 0.6) is 0 Å². The molecule has 0 saturated carbocycles. The quantitative estimate of drug-likeness (QED) is 0.190. The Hall–Kier alpha value is -6.39. The molecule has 0 fully saturated rings. The van der Waals surface area contributed by atoms with Crippen LogP contribution in [0.3, 0.4) is 0 Å². The summed E-state index contributed by atoms with van der Waals surface area (Å²) in [6, 6.07) is 52.7. The lowest BCUT2D eigenvalue weighted by Crippen LogP contribution is -2.00. The van der Waals surface area contributed by atoms with Gasteiger partial charge in [-0.05, 0) is 67.4 Å². The maximum Gasteiger partial charge on any atom is 0.164 e. The number of rotatable bonds is 3. The fourth-order valence-corrected chi connectivity index (χ4v) is 7.07. The zero-order valence-electron chi connectivity index (χ0n) is 25.2. The molecule has 0 atom stereocenters. The van der Waals surface area contributed by atoms with Gasteiger partial charge in [-0.1, -0.05) is 127 Å². The molecule has 8 aromatic carbocycles. The van der Waals surface area contributed by atoms with E-state index in [-0.39, 0.29) is 0 Å². The Morgan fingerprint density at radius 2 is 0.851 bits per heavy atom. The SMILES string of the molecule is c1ccc(-c2nc(-c3ccccc3)nc(-c3ccc4c(c3)c3ccccc3c3cc5c(cc43)oc3ccc4ccccc4c35)n2)cc1. The summed E-state index contributed by atoms with van der Waals surface area (Å²) < 4.78 is 6.51. The molecule has 0 bridgehead atoms. The van der Waals surface area contributed by atoms with Gasteiger partial charge >= 0.3 is 0 Å². The minimum absolute atomic E-state index is 0.642. The van der Waals surface area contributed by atoms with E-state index >= 15 is 0 Å². The highest BCUT2D eigenvalue weighted by Crippen LogP contribution is 2.42. The topological polar surface area (TPSA) is 51.8 Å². The van der Waals surface area contributed by atoms with Crippen molar-refractivity contribution in [2.45, 2.75) is 0 Å². The summed E-state index contributed by atoms with van der Waals surface area (Å²) in [5.41, 5.74) is 4.64. The number of aromatic nitrogens is 3. The van der Waals surface area contributed by atoms with Crippen LogP contribution in [0.4, 0.5) is 0 Å². The summed E-state index contributed by atoms with van der Waals surface area (Å²) in [6.45, 7) is 0. The first-order valence-corrected chi connectivity index (χ1v) is 15.8. The van der Waals surface area contributed by atoms with Crippen molar-refractivity contribution < 1.29 is 4.42 Å². The van der Waals surface area contributed by atoms with Crippen molar-refractivity contribution in [2.24, 2.45) is 0 Å². The fourth-order valence-electron chi connectivity index (χ4n) is 7.07. The van der Waals surface area contributed by atoms with E-state index in [0.29, 0.717) is 17.5 Å². The maximum absolute atomic E-state index is 6.51. The van der Waals surface area contributed by atoms with Gasteiger partial charge in [-0.25, -0.2) is 15.0 Å². The molecule has 4 nitrogen and oxygen atoms in total. The van der Waals surface area contributed by atoms with Gasteiger partial charge in [-0.15, -0.1) is 0 Å². The average molecular weight is 600 g/mol. The molecular formula is C43H25N3O. The van der Waals surface area contributed by atoms with E-state index in [1.807, 2.05) is 60.7 Å². The van der Waals surface area contributed by atoms with E-state index in [1.54, 1.807) is 0 Å². The Labute approximate surface area is 269 Å². The lowest BCUT2D eigenvalue weighted by molar-refractivity contribution is 0.670. The van der Waals surface area contributed by atoms with Crippen LogP contribution in [-0.4, -0.2) is 15.0 Å². The van der Waals surface area contributed by atoms with Gasteiger partial charge in [0, 0.05) is 27.5 Å². The monoisotopic (exact) mass is 599 g/mol. The molecular weight excluding hydrogens is 574 g/mol. The van der Waals surface area contributed by atoms with E-state index < -0.39 is 0 Å². The van der Waals surface area contributed by atoms with Crippen molar-refractivity contribution in [3.8, 4) is 34.2 Å². The number of hydrogen-bond donors (Lipinski definition) is 0. The second-order valence-electron chi connectivity index (χ2n) is 12.0. The van der Waals surface area contributed by atoms with Crippen molar-refractivity contribution >= 4 is 65.0 Å². The number of fused-ring (bicyclic) bond motifs is 11. The highest BCUT2D eigenvalue weighted by atomic mass is 16.3. The smallest absolute Gasteiger partial charge is 0.164 e. The number of benzene rings is 8. The Balaban J connectivity index is 1.24. The van der Waals surface area contributed by atoms with Crippen LogP contribution in [0.1, 0.15) is 0 Å². The van der Waals surface area contributed by atoms with Crippen LogP contribution in [0.15, 0.2) is 156 Å². The molecule has 0 unspecified atom stereocenters. The summed E-state index contributed by atoms with van der Waals surface area (Å²) in [5, 5.41) is 11.8. The lowest BCUT2D eigenvalue weighted by atomic mass is 9.92. The van der Waals surface area contributed by atoms with Crippen molar-refractivity contribution in [2.75, 3.05) is 0 Å². The normalized spacial score (nSPS) is 11.8. The molecule has 0 aliphatic rings. The van der Waals surface area contributed by atoms with Gasteiger partial charge in [-0.3, -0.25) is 0 Å². The highest BCUT2D eigenvalue weighted by Gasteiger charge is 2.17. The van der Waals surface area contributed by atoms with Crippen molar-refractivity contribution in [3.63, 3.8) is 0 Å². The lowest BCUT2D eigenvalue weighted by Gasteiger charge is -2.13. The minimum atomic E-state index is 0.642. The second kappa shape index (κ2) is 10.1. The average Bonchev–Trinajstić information content (AvgIpc) is 3.53. The first-order chi connectivity index (χ1) is 23.3. The minimum Gasteiger partial charge on any atom is -0.456 e. The van der Waals surface area contributed by atoms with Crippen molar-refractivity contribution in [1.29, 1.82) is 0 Å². The molecule has 0 saturated heterocycles. The zero-order chi connectivity index (χ0) is 30.9. The predicted molar refractivity (Wildman–Crippen MR) is 193 cm³/mol. The molecule has 0 N–H and O–H groups in total. The third-order valence-electron chi connectivity index (χ3n) is 9.27. The van der Waals surface area contributed by atoms with E-state index in [1.165, 1.54) is 26.9 Å². The Morgan fingerprint density at radius 3 is 1.53 bits per heavy atom. The second-order valence-corrected chi connectivity index (χ2v) is 12.0. The third kappa shape index (κ3) is 4.05. The predicted octanol–water partition coefficient (Wildman–Crippen LogP) is 11.4.